The van der Waals surface area contributed by atoms with Gasteiger partial charge in [-0.25, -0.2) is 0 Å². The zero-order valence-corrected chi connectivity index (χ0v) is 10.6. The molecule has 0 saturated carbocycles. The van der Waals surface area contributed by atoms with Crippen LogP contribution in [-0.4, -0.2) is 10.2 Å². The third-order valence-corrected chi connectivity index (χ3v) is 3.19. The van der Waals surface area contributed by atoms with Crippen LogP contribution in [0.2, 0.25) is 5.15 Å². The van der Waals surface area contributed by atoms with Crippen molar-refractivity contribution in [3.05, 3.63) is 59.2 Å². The largest absolute Gasteiger partial charge is 0.192 e. The molecule has 0 aliphatic carbocycles. The van der Waals surface area contributed by atoms with E-state index in [1.165, 1.54) is 0 Å². The summed E-state index contributed by atoms with van der Waals surface area (Å²) in [7, 11) is 0. The number of benzene rings is 2. The van der Waals surface area contributed by atoms with Crippen molar-refractivity contribution in [1.29, 1.82) is 5.26 Å². The summed E-state index contributed by atoms with van der Waals surface area (Å²) in [6, 6.07) is 17.7. The third kappa shape index (κ3) is 2.14. The van der Waals surface area contributed by atoms with E-state index in [2.05, 4.69) is 10.2 Å². The highest BCUT2D eigenvalue weighted by Crippen LogP contribution is 2.24. The fourth-order valence-corrected chi connectivity index (χ4v) is 2.08. The van der Waals surface area contributed by atoms with Crippen LogP contribution in [0.4, 0.5) is 0 Å². The van der Waals surface area contributed by atoms with Crippen molar-refractivity contribution in [3.63, 3.8) is 0 Å². The highest BCUT2D eigenvalue weighted by Gasteiger charge is 2.07. The van der Waals surface area contributed by atoms with E-state index >= 15 is 0 Å². The molecular formula is C15H8ClN3. The number of nitriles is 1. The minimum Gasteiger partial charge on any atom is -0.192 e. The van der Waals surface area contributed by atoms with Crippen LogP contribution < -0.4 is 0 Å². The van der Waals surface area contributed by atoms with E-state index in [-0.39, 0.29) is 5.15 Å². The van der Waals surface area contributed by atoms with Crippen molar-refractivity contribution in [2.24, 2.45) is 0 Å². The molecule has 0 N–H and O–H groups in total. The first-order valence-corrected chi connectivity index (χ1v) is 6.08. The highest BCUT2D eigenvalue weighted by atomic mass is 35.5. The first kappa shape index (κ1) is 11.6. The maximum absolute atomic E-state index is 8.96. The van der Waals surface area contributed by atoms with Gasteiger partial charge in [0, 0.05) is 5.56 Å². The quantitative estimate of drug-likeness (QED) is 0.672. The minimum absolute atomic E-state index is 0.132. The van der Waals surface area contributed by atoms with E-state index in [0.717, 1.165) is 16.3 Å². The Bertz CT molecular complexity index is 806. The van der Waals surface area contributed by atoms with Gasteiger partial charge >= 0.3 is 0 Å². The lowest BCUT2D eigenvalue weighted by Crippen LogP contribution is -1.91. The molecule has 4 heteroatoms. The average molecular weight is 266 g/mol. The molecule has 0 aliphatic heterocycles. The van der Waals surface area contributed by atoms with E-state index in [0.29, 0.717) is 11.3 Å². The van der Waals surface area contributed by atoms with E-state index in [9.17, 15) is 0 Å². The van der Waals surface area contributed by atoms with Crippen molar-refractivity contribution in [2.75, 3.05) is 0 Å². The smallest absolute Gasteiger partial charge is 0.169 e. The molecule has 0 radical (unpaired) electrons. The molecule has 1 aromatic heterocycles. The van der Waals surface area contributed by atoms with Crippen LogP contribution in [0.1, 0.15) is 5.56 Å². The number of fused-ring (bicyclic) bond motifs is 1. The molecule has 19 heavy (non-hydrogen) atoms. The number of halogens is 1. The number of hydrogen-bond acceptors (Lipinski definition) is 3. The molecule has 0 unspecified atom stereocenters. The van der Waals surface area contributed by atoms with Gasteiger partial charge in [-0.15, -0.1) is 10.2 Å². The number of aromatic nitrogens is 2. The van der Waals surface area contributed by atoms with Crippen LogP contribution in [0.15, 0.2) is 48.5 Å². The SMILES string of the molecule is N#Cc1cc(-c2ccc3ccccc3c2)nnc1Cl. The van der Waals surface area contributed by atoms with Crippen LogP contribution >= 0.6 is 11.6 Å². The summed E-state index contributed by atoms with van der Waals surface area (Å²) in [4.78, 5) is 0. The molecule has 0 atom stereocenters. The van der Waals surface area contributed by atoms with E-state index < -0.39 is 0 Å². The van der Waals surface area contributed by atoms with Gasteiger partial charge in [-0.1, -0.05) is 48.0 Å². The molecule has 0 amide bonds. The Morgan fingerprint density at radius 1 is 0.947 bits per heavy atom. The standard InChI is InChI=1S/C15H8ClN3/c16-15-13(9-17)8-14(18-19-15)12-6-5-10-3-1-2-4-11(10)7-12/h1-8H. The monoisotopic (exact) mass is 265 g/mol. The second kappa shape index (κ2) is 4.68. The van der Waals surface area contributed by atoms with Crippen molar-refractivity contribution >= 4 is 22.4 Å². The fraction of sp³-hybridized carbons (Fsp3) is 0. The zero-order valence-electron chi connectivity index (χ0n) is 9.84. The maximum Gasteiger partial charge on any atom is 0.169 e. The van der Waals surface area contributed by atoms with Crippen molar-refractivity contribution < 1.29 is 0 Å². The molecule has 0 fully saturated rings. The van der Waals surface area contributed by atoms with Crippen molar-refractivity contribution in [2.45, 2.75) is 0 Å². The van der Waals surface area contributed by atoms with Crippen molar-refractivity contribution in [3.8, 4) is 17.3 Å². The summed E-state index contributed by atoms with van der Waals surface area (Å²) >= 11 is 5.78. The number of hydrogen-bond donors (Lipinski definition) is 0. The minimum atomic E-state index is 0.132. The van der Waals surface area contributed by atoms with Gasteiger partial charge in [0.1, 0.15) is 6.07 Å². The Labute approximate surface area is 115 Å². The van der Waals surface area contributed by atoms with Gasteiger partial charge in [0.2, 0.25) is 0 Å². The van der Waals surface area contributed by atoms with Crippen LogP contribution in [-0.2, 0) is 0 Å². The topological polar surface area (TPSA) is 49.6 Å². The zero-order chi connectivity index (χ0) is 13.2. The Balaban J connectivity index is 2.16. The lowest BCUT2D eigenvalue weighted by molar-refractivity contribution is 1.03. The molecule has 0 spiro atoms. The Morgan fingerprint density at radius 2 is 1.74 bits per heavy atom. The first-order chi connectivity index (χ1) is 9.28. The van der Waals surface area contributed by atoms with Gasteiger partial charge in [-0.2, -0.15) is 5.26 Å². The molecule has 90 valence electrons. The highest BCUT2D eigenvalue weighted by molar-refractivity contribution is 6.30. The van der Waals surface area contributed by atoms with E-state index in [1.54, 1.807) is 6.07 Å². The van der Waals surface area contributed by atoms with E-state index in [4.69, 9.17) is 16.9 Å². The third-order valence-electron chi connectivity index (χ3n) is 2.91. The summed E-state index contributed by atoms with van der Waals surface area (Å²) in [5.74, 6) is 0. The molecular weight excluding hydrogens is 258 g/mol. The van der Waals surface area contributed by atoms with Gasteiger partial charge < -0.3 is 0 Å². The first-order valence-electron chi connectivity index (χ1n) is 5.70. The Kier molecular flexibility index (Phi) is 2.86. The molecule has 3 rings (SSSR count). The average Bonchev–Trinajstić information content (AvgIpc) is 2.47. The summed E-state index contributed by atoms with van der Waals surface area (Å²) < 4.78 is 0. The summed E-state index contributed by atoms with van der Waals surface area (Å²) in [5, 5.41) is 19.2. The normalized spacial score (nSPS) is 10.3. The van der Waals surface area contributed by atoms with Crippen LogP contribution in [0.25, 0.3) is 22.0 Å². The number of nitrogens with zero attached hydrogens (tertiary/aromatic N) is 3. The summed E-state index contributed by atoms with van der Waals surface area (Å²) in [6.45, 7) is 0. The predicted molar refractivity (Wildman–Crippen MR) is 74.7 cm³/mol. The van der Waals surface area contributed by atoms with Gasteiger partial charge in [-0.05, 0) is 22.9 Å². The lowest BCUT2D eigenvalue weighted by Gasteiger charge is -2.03. The molecule has 3 nitrogen and oxygen atoms in total. The van der Waals surface area contributed by atoms with Gasteiger partial charge in [0.05, 0.1) is 11.3 Å². The molecule has 0 bridgehead atoms. The predicted octanol–water partition coefficient (Wildman–Crippen LogP) is 3.82. The van der Waals surface area contributed by atoms with Crippen LogP contribution in [0, 0.1) is 11.3 Å². The fourth-order valence-electron chi connectivity index (χ4n) is 1.94. The van der Waals surface area contributed by atoms with Crippen LogP contribution in [0.3, 0.4) is 0 Å². The maximum atomic E-state index is 8.96. The second-order valence-electron chi connectivity index (χ2n) is 4.11. The van der Waals surface area contributed by atoms with Gasteiger partial charge in [0.15, 0.2) is 5.15 Å². The second-order valence-corrected chi connectivity index (χ2v) is 4.47. The summed E-state index contributed by atoms with van der Waals surface area (Å²) in [6.07, 6.45) is 0. The molecule has 0 saturated heterocycles. The summed E-state index contributed by atoms with van der Waals surface area (Å²) in [5.41, 5.74) is 1.89. The van der Waals surface area contributed by atoms with E-state index in [1.807, 2.05) is 48.5 Å². The van der Waals surface area contributed by atoms with Gasteiger partial charge in [0.25, 0.3) is 0 Å². The Hall–Kier alpha value is -2.44. The lowest BCUT2D eigenvalue weighted by atomic mass is 10.0. The molecule has 3 aromatic rings. The van der Waals surface area contributed by atoms with Gasteiger partial charge in [-0.3, -0.25) is 0 Å². The number of rotatable bonds is 1. The molecule has 0 aliphatic rings. The molecule has 2 aromatic carbocycles. The molecule has 1 heterocycles. The van der Waals surface area contributed by atoms with Crippen molar-refractivity contribution in [1.82, 2.24) is 10.2 Å². The van der Waals surface area contributed by atoms with Crippen LogP contribution in [0.5, 0.6) is 0 Å². The Morgan fingerprint density at radius 3 is 2.53 bits per heavy atom.